The minimum Gasteiger partial charge on any atom is -0.326 e. The third kappa shape index (κ3) is 2.51. The van der Waals surface area contributed by atoms with Crippen LogP contribution in [0.4, 0.5) is 9.18 Å². The zero-order valence-corrected chi connectivity index (χ0v) is 11.6. The number of benzene rings is 1. The number of carbonyl (C=O) groups is 2. The van der Waals surface area contributed by atoms with Crippen LogP contribution in [0.15, 0.2) is 18.2 Å². The van der Waals surface area contributed by atoms with Crippen LogP contribution >= 0.6 is 0 Å². The summed E-state index contributed by atoms with van der Waals surface area (Å²) in [5, 5.41) is 2.66. The smallest absolute Gasteiger partial charge is 0.325 e. The molecule has 1 saturated heterocycles. The zero-order valence-electron chi connectivity index (χ0n) is 11.6. The van der Waals surface area contributed by atoms with E-state index in [-0.39, 0.29) is 19.0 Å². The van der Waals surface area contributed by atoms with Crippen molar-refractivity contribution >= 4 is 11.9 Å². The number of nitrogens with zero attached hydrogens (tertiary/aromatic N) is 1. The van der Waals surface area contributed by atoms with E-state index in [0.29, 0.717) is 17.5 Å². The first-order chi connectivity index (χ1) is 9.39. The van der Waals surface area contributed by atoms with Crippen LogP contribution in [0, 0.1) is 5.82 Å². The topological polar surface area (TPSA) is 75.4 Å². The van der Waals surface area contributed by atoms with Gasteiger partial charge in [0.1, 0.15) is 11.4 Å². The van der Waals surface area contributed by atoms with Crippen molar-refractivity contribution in [2.75, 3.05) is 0 Å². The van der Waals surface area contributed by atoms with E-state index in [0.717, 1.165) is 4.90 Å². The van der Waals surface area contributed by atoms with E-state index in [4.69, 9.17) is 5.73 Å². The second kappa shape index (κ2) is 5.20. The number of imide groups is 1. The summed E-state index contributed by atoms with van der Waals surface area (Å²) in [6.45, 7) is 3.77. The molecule has 0 aliphatic carbocycles. The van der Waals surface area contributed by atoms with E-state index in [1.54, 1.807) is 13.0 Å². The van der Waals surface area contributed by atoms with Gasteiger partial charge in [-0.3, -0.25) is 9.69 Å². The Labute approximate surface area is 116 Å². The van der Waals surface area contributed by atoms with E-state index in [1.165, 1.54) is 12.1 Å². The predicted molar refractivity (Wildman–Crippen MR) is 72.1 cm³/mol. The summed E-state index contributed by atoms with van der Waals surface area (Å²) in [6, 6.07) is 3.90. The van der Waals surface area contributed by atoms with Crippen LogP contribution < -0.4 is 11.1 Å². The van der Waals surface area contributed by atoms with Gasteiger partial charge in [0.05, 0.1) is 6.54 Å². The summed E-state index contributed by atoms with van der Waals surface area (Å²) in [5.41, 5.74) is 5.79. The highest BCUT2D eigenvalue weighted by atomic mass is 19.1. The molecule has 0 saturated carbocycles. The summed E-state index contributed by atoms with van der Waals surface area (Å²) in [7, 11) is 0. The molecule has 1 atom stereocenters. The lowest BCUT2D eigenvalue weighted by Gasteiger charge is -2.19. The van der Waals surface area contributed by atoms with E-state index in [2.05, 4.69) is 5.32 Å². The van der Waals surface area contributed by atoms with Crippen molar-refractivity contribution in [3.8, 4) is 0 Å². The van der Waals surface area contributed by atoms with Crippen molar-refractivity contribution in [3.63, 3.8) is 0 Å². The van der Waals surface area contributed by atoms with Gasteiger partial charge in [0.2, 0.25) is 0 Å². The zero-order chi connectivity index (χ0) is 14.9. The van der Waals surface area contributed by atoms with Crippen molar-refractivity contribution in [2.24, 2.45) is 5.73 Å². The quantitative estimate of drug-likeness (QED) is 0.820. The van der Waals surface area contributed by atoms with E-state index < -0.39 is 17.4 Å². The number of amides is 3. The monoisotopic (exact) mass is 279 g/mol. The Balaban J connectivity index is 2.24. The average Bonchev–Trinajstić information content (AvgIpc) is 2.62. The summed E-state index contributed by atoms with van der Waals surface area (Å²) < 4.78 is 13.4. The number of halogens is 1. The number of carbonyl (C=O) groups excluding carboxylic acids is 2. The Bertz CT molecular complexity index is 561. The lowest BCUT2D eigenvalue weighted by atomic mass is 9.99. The molecular weight excluding hydrogens is 261 g/mol. The van der Waals surface area contributed by atoms with Gasteiger partial charge in [0.15, 0.2) is 0 Å². The SMILES string of the molecule is CCC1(C)NC(=O)N(Cc2cc(F)cc(CN)c2)C1=O. The highest BCUT2D eigenvalue weighted by molar-refractivity contribution is 6.06. The number of nitrogens with two attached hydrogens (primary N) is 1. The van der Waals surface area contributed by atoms with Crippen molar-refractivity contribution < 1.29 is 14.0 Å². The fraction of sp³-hybridized carbons (Fsp3) is 0.429. The van der Waals surface area contributed by atoms with Gasteiger partial charge in [-0.1, -0.05) is 13.0 Å². The lowest BCUT2D eigenvalue weighted by Crippen LogP contribution is -2.43. The summed E-state index contributed by atoms with van der Waals surface area (Å²) >= 11 is 0. The molecule has 5 nitrogen and oxygen atoms in total. The molecule has 3 amide bonds. The first-order valence-electron chi connectivity index (χ1n) is 6.52. The average molecular weight is 279 g/mol. The number of urea groups is 1. The molecule has 108 valence electrons. The maximum absolute atomic E-state index is 13.4. The van der Waals surface area contributed by atoms with Gasteiger partial charge in [0, 0.05) is 6.54 Å². The second-order valence-electron chi connectivity index (χ2n) is 5.18. The molecule has 1 heterocycles. The standard InChI is InChI=1S/C14H18FN3O2/c1-3-14(2)12(19)18(13(20)17-14)8-10-4-9(7-16)5-11(15)6-10/h4-6H,3,7-8,16H2,1-2H3,(H,17,20). The van der Waals surface area contributed by atoms with E-state index >= 15 is 0 Å². The highest BCUT2D eigenvalue weighted by Gasteiger charge is 2.46. The minimum atomic E-state index is -0.874. The van der Waals surface area contributed by atoms with Crippen LogP contribution in [0.3, 0.4) is 0 Å². The van der Waals surface area contributed by atoms with Crippen LogP contribution in [-0.4, -0.2) is 22.4 Å². The normalized spacial score (nSPS) is 22.3. The molecule has 1 aliphatic heterocycles. The van der Waals surface area contributed by atoms with E-state index in [9.17, 15) is 14.0 Å². The van der Waals surface area contributed by atoms with Crippen molar-refractivity contribution in [1.82, 2.24) is 10.2 Å². The molecule has 1 aromatic carbocycles. The molecule has 1 fully saturated rings. The predicted octanol–water partition coefficient (Wildman–Crippen LogP) is 1.50. The molecule has 0 spiro atoms. The number of hydrogen-bond acceptors (Lipinski definition) is 3. The largest absolute Gasteiger partial charge is 0.326 e. The molecule has 20 heavy (non-hydrogen) atoms. The fourth-order valence-corrected chi connectivity index (χ4v) is 2.24. The maximum atomic E-state index is 13.4. The number of rotatable bonds is 4. The summed E-state index contributed by atoms with van der Waals surface area (Å²) in [4.78, 5) is 25.2. The van der Waals surface area contributed by atoms with Gasteiger partial charge in [-0.05, 0) is 36.6 Å². The van der Waals surface area contributed by atoms with Crippen molar-refractivity contribution in [3.05, 3.63) is 35.1 Å². The third-order valence-corrected chi connectivity index (χ3v) is 3.65. The van der Waals surface area contributed by atoms with Crippen LogP contribution in [0.5, 0.6) is 0 Å². The Hall–Kier alpha value is -1.95. The van der Waals surface area contributed by atoms with Crippen LogP contribution in [0.2, 0.25) is 0 Å². The summed E-state index contributed by atoms with van der Waals surface area (Å²) in [5.74, 6) is -0.711. The molecular formula is C14H18FN3O2. The molecule has 0 radical (unpaired) electrons. The van der Waals surface area contributed by atoms with E-state index in [1.807, 2.05) is 6.92 Å². The molecule has 1 aliphatic rings. The number of nitrogens with one attached hydrogen (secondary N) is 1. The molecule has 0 aromatic heterocycles. The molecule has 3 N–H and O–H groups in total. The molecule has 0 bridgehead atoms. The van der Waals surface area contributed by atoms with Gasteiger partial charge in [-0.25, -0.2) is 9.18 Å². The summed E-state index contributed by atoms with van der Waals surface area (Å²) in [6.07, 6.45) is 0.505. The maximum Gasteiger partial charge on any atom is 0.325 e. The van der Waals surface area contributed by atoms with Crippen molar-refractivity contribution in [1.29, 1.82) is 0 Å². The van der Waals surface area contributed by atoms with Gasteiger partial charge in [0.25, 0.3) is 5.91 Å². The van der Waals surface area contributed by atoms with Crippen molar-refractivity contribution in [2.45, 2.75) is 38.9 Å². The molecule has 6 heteroatoms. The lowest BCUT2D eigenvalue weighted by molar-refractivity contribution is -0.131. The minimum absolute atomic E-state index is 0.0466. The Kier molecular flexibility index (Phi) is 3.76. The van der Waals surface area contributed by atoms with Crippen LogP contribution in [0.1, 0.15) is 31.4 Å². The van der Waals surface area contributed by atoms with Gasteiger partial charge < -0.3 is 11.1 Å². The van der Waals surface area contributed by atoms with Gasteiger partial charge in [-0.2, -0.15) is 0 Å². The van der Waals surface area contributed by atoms with Gasteiger partial charge >= 0.3 is 6.03 Å². The molecule has 1 aromatic rings. The molecule has 2 rings (SSSR count). The first-order valence-corrected chi connectivity index (χ1v) is 6.52. The van der Waals surface area contributed by atoms with Crippen LogP contribution in [-0.2, 0) is 17.9 Å². The Morgan fingerprint density at radius 2 is 1.95 bits per heavy atom. The molecule has 1 unspecified atom stereocenters. The number of hydrogen-bond donors (Lipinski definition) is 2. The third-order valence-electron chi connectivity index (χ3n) is 3.65. The fourth-order valence-electron chi connectivity index (χ4n) is 2.24. The van der Waals surface area contributed by atoms with Gasteiger partial charge in [-0.15, -0.1) is 0 Å². The second-order valence-corrected chi connectivity index (χ2v) is 5.18. The Morgan fingerprint density at radius 3 is 2.50 bits per heavy atom. The van der Waals surface area contributed by atoms with Crippen LogP contribution in [0.25, 0.3) is 0 Å². The first kappa shape index (κ1) is 14.5. The Morgan fingerprint density at radius 1 is 1.30 bits per heavy atom. The highest BCUT2D eigenvalue weighted by Crippen LogP contribution is 2.23.